The minimum absolute atomic E-state index is 0.196. The van der Waals surface area contributed by atoms with Gasteiger partial charge in [-0.1, -0.05) is 30.3 Å². The standard InChI is InChI=1S/C29H28N6O/c1-16-7-5-6-8-19(16)25-20(14-30)23-17(2)31-28(36)24(26(23)34-25)27-32-21-10-9-18(13-22(21)33-27)29(11-12-29)15-35(3)4/h5-10,13,34H,11-12,15H2,1-4H3,(H,31,36)(H,32,33). The van der Waals surface area contributed by atoms with Crippen LogP contribution in [0.4, 0.5) is 0 Å². The summed E-state index contributed by atoms with van der Waals surface area (Å²) in [5.74, 6) is 0.493. The van der Waals surface area contributed by atoms with Crippen LogP contribution in [-0.4, -0.2) is 45.5 Å². The number of H-pyrrole nitrogens is 3. The van der Waals surface area contributed by atoms with E-state index in [2.05, 4.69) is 52.1 Å². The molecule has 1 saturated carbocycles. The molecule has 1 aliphatic carbocycles. The number of aromatic amines is 3. The molecular formula is C29H28N6O. The first-order valence-electron chi connectivity index (χ1n) is 12.2. The van der Waals surface area contributed by atoms with Gasteiger partial charge in [-0.15, -0.1) is 0 Å². The lowest BCUT2D eigenvalue weighted by molar-refractivity contribution is 0.363. The van der Waals surface area contributed by atoms with Gasteiger partial charge < -0.3 is 19.9 Å². The maximum atomic E-state index is 13.3. The van der Waals surface area contributed by atoms with Gasteiger partial charge in [-0.3, -0.25) is 4.79 Å². The fourth-order valence-electron chi connectivity index (χ4n) is 5.62. The van der Waals surface area contributed by atoms with E-state index in [1.165, 1.54) is 18.4 Å². The van der Waals surface area contributed by atoms with Crippen molar-refractivity contribution in [1.29, 1.82) is 5.26 Å². The topological polar surface area (TPSA) is 104 Å². The molecule has 3 heterocycles. The van der Waals surface area contributed by atoms with Crippen LogP contribution in [0.25, 0.3) is 44.6 Å². The molecule has 1 aliphatic rings. The summed E-state index contributed by atoms with van der Waals surface area (Å²) in [6, 6.07) is 16.7. The van der Waals surface area contributed by atoms with Crippen molar-refractivity contribution < 1.29 is 0 Å². The van der Waals surface area contributed by atoms with Crippen LogP contribution in [0, 0.1) is 25.2 Å². The lowest BCUT2D eigenvalue weighted by atomic mass is 9.95. The lowest BCUT2D eigenvalue weighted by Gasteiger charge is -2.20. The quantitative estimate of drug-likeness (QED) is 0.326. The number of nitrogens with zero attached hydrogens (tertiary/aromatic N) is 3. The van der Waals surface area contributed by atoms with Crippen molar-refractivity contribution in [3.05, 3.63) is 75.2 Å². The second-order valence-corrected chi connectivity index (χ2v) is 10.3. The summed E-state index contributed by atoms with van der Waals surface area (Å²) in [6.45, 7) is 4.86. The maximum Gasteiger partial charge on any atom is 0.261 e. The number of aryl methyl sites for hydroxylation is 2. The highest BCUT2D eigenvalue weighted by Crippen LogP contribution is 2.49. The molecule has 3 aromatic heterocycles. The Balaban J connectivity index is 1.56. The second-order valence-electron chi connectivity index (χ2n) is 10.3. The van der Waals surface area contributed by atoms with Gasteiger partial charge in [-0.05, 0) is 64.0 Å². The third-order valence-corrected chi connectivity index (χ3v) is 7.48. The fraction of sp³-hybridized carbons (Fsp3) is 0.276. The van der Waals surface area contributed by atoms with Gasteiger partial charge in [0.05, 0.1) is 27.8 Å². The Hall–Kier alpha value is -4.15. The Morgan fingerprint density at radius 3 is 2.56 bits per heavy atom. The van der Waals surface area contributed by atoms with Crippen molar-refractivity contribution in [2.75, 3.05) is 20.6 Å². The van der Waals surface area contributed by atoms with Crippen molar-refractivity contribution >= 4 is 21.9 Å². The zero-order valence-corrected chi connectivity index (χ0v) is 20.9. The number of nitrogens with one attached hydrogen (secondary N) is 3. The Bertz CT molecular complexity index is 1760. The van der Waals surface area contributed by atoms with Crippen molar-refractivity contribution in [2.45, 2.75) is 32.1 Å². The highest BCUT2D eigenvalue weighted by molar-refractivity contribution is 6.02. The largest absolute Gasteiger partial charge is 0.353 e. The maximum absolute atomic E-state index is 13.3. The fourth-order valence-corrected chi connectivity index (χ4v) is 5.62. The average molecular weight is 477 g/mol. The molecule has 36 heavy (non-hydrogen) atoms. The Morgan fingerprint density at radius 2 is 1.86 bits per heavy atom. The number of fused-ring (bicyclic) bond motifs is 2. The van der Waals surface area contributed by atoms with Gasteiger partial charge in [0.25, 0.3) is 5.56 Å². The number of aromatic nitrogens is 4. The summed E-state index contributed by atoms with van der Waals surface area (Å²) in [5.41, 5.74) is 7.89. The van der Waals surface area contributed by atoms with Crippen LogP contribution in [0.3, 0.4) is 0 Å². The van der Waals surface area contributed by atoms with E-state index < -0.39 is 0 Å². The van der Waals surface area contributed by atoms with Crippen molar-refractivity contribution in [1.82, 2.24) is 24.8 Å². The van der Waals surface area contributed by atoms with E-state index in [1.54, 1.807) is 0 Å². The van der Waals surface area contributed by atoms with Gasteiger partial charge >= 0.3 is 0 Å². The Morgan fingerprint density at radius 1 is 1.08 bits per heavy atom. The van der Waals surface area contributed by atoms with E-state index in [4.69, 9.17) is 4.98 Å². The molecule has 180 valence electrons. The molecule has 0 radical (unpaired) electrons. The van der Waals surface area contributed by atoms with Crippen LogP contribution >= 0.6 is 0 Å². The first kappa shape index (κ1) is 22.3. The van der Waals surface area contributed by atoms with Gasteiger partial charge in [0.1, 0.15) is 17.5 Å². The first-order chi connectivity index (χ1) is 17.3. The molecule has 0 unspecified atom stereocenters. The van der Waals surface area contributed by atoms with E-state index in [0.717, 1.165) is 34.1 Å². The zero-order chi connectivity index (χ0) is 25.2. The van der Waals surface area contributed by atoms with Gasteiger partial charge in [0.2, 0.25) is 0 Å². The molecule has 0 amide bonds. The Kier molecular flexibility index (Phi) is 4.92. The highest BCUT2D eigenvalue weighted by Gasteiger charge is 2.44. The number of rotatable bonds is 5. The molecule has 0 atom stereocenters. The van der Waals surface area contributed by atoms with Crippen LogP contribution in [0.2, 0.25) is 0 Å². The predicted octanol–water partition coefficient (Wildman–Crippen LogP) is 5.15. The van der Waals surface area contributed by atoms with E-state index in [0.29, 0.717) is 33.9 Å². The molecule has 0 aliphatic heterocycles. The second kappa shape index (κ2) is 7.94. The molecule has 7 nitrogen and oxygen atoms in total. The van der Waals surface area contributed by atoms with E-state index in [1.807, 2.05) is 44.2 Å². The third kappa shape index (κ3) is 3.37. The van der Waals surface area contributed by atoms with Crippen LogP contribution in [0.1, 0.15) is 35.2 Å². The SMILES string of the molecule is Cc1ccccc1-c1[nH]c2c(-c3nc4ccc(C5(CN(C)C)CC5)cc4[nH]3)c(=O)[nH]c(C)c2c1C#N. The summed E-state index contributed by atoms with van der Waals surface area (Å²) in [6.07, 6.45) is 2.36. The van der Waals surface area contributed by atoms with Crippen LogP contribution in [-0.2, 0) is 5.41 Å². The van der Waals surface area contributed by atoms with Crippen LogP contribution in [0.15, 0.2) is 47.3 Å². The molecule has 2 aromatic carbocycles. The van der Waals surface area contributed by atoms with Gasteiger partial charge in [0, 0.05) is 28.6 Å². The molecule has 1 fully saturated rings. The number of imidazole rings is 1. The monoisotopic (exact) mass is 476 g/mol. The molecule has 7 heteroatoms. The molecule has 0 bridgehead atoms. The molecule has 0 saturated heterocycles. The van der Waals surface area contributed by atoms with Gasteiger partial charge in [-0.25, -0.2) is 4.98 Å². The molecule has 6 rings (SSSR count). The number of hydrogen-bond acceptors (Lipinski definition) is 4. The summed E-state index contributed by atoms with van der Waals surface area (Å²) in [5, 5.41) is 10.8. The summed E-state index contributed by atoms with van der Waals surface area (Å²) >= 11 is 0. The van der Waals surface area contributed by atoms with E-state index >= 15 is 0 Å². The Labute approximate surface area is 208 Å². The number of pyridine rings is 1. The normalized spacial score (nSPS) is 14.6. The number of nitriles is 1. The average Bonchev–Trinajstić information content (AvgIpc) is 3.32. The van der Waals surface area contributed by atoms with Crippen molar-refractivity contribution in [2.24, 2.45) is 0 Å². The molecular weight excluding hydrogens is 448 g/mol. The number of likely N-dealkylation sites (N-methyl/N-ethyl adjacent to an activating group) is 1. The number of hydrogen-bond donors (Lipinski definition) is 3. The highest BCUT2D eigenvalue weighted by atomic mass is 16.1. The van der Waals surface area contributed by atoms with Crippen LogP contribution in [0.5, 0.6) is 0 Å². The third-order valence-electron chi connectivity index (χ3n) is 7.48. The van der Waals surface area contributed by atoms with Gasteiger partial charge in [-0.2, -0.15) is 5.26 Å². The molecule has 0 spiro atoms. The zero-order valence-electron chi connectivity index (χ0n) is 20.9. The lowest BCUT2D eigenvalue weighted by Crippen LogP contribution is -2.25. The summed E-state index contributed by atoms with van der Waals surface area (Å²) in [4.78, 5) is 30.1. The van der Waals surface area contributed by atoms with Crippen molar-refractivity contribution in [3.63, 3.8) is 0 Å². The van der Waals surface area contributed by atoms with Crippen LogP contribution < -0.4 is 5.56 Å². The number of benzene rings is 2. The van der Waals surface area contributed by atoms with Crippen molar-refractivity contribution in [3.8, 4) is 28.7 Å². The predicted molar refractivity (Wildman–Crippen MR) is 143 cm³/mol. The van der Waals surface area contributed by atoms with E-state index in [-0.39, 0.29) is 11.0 Å². The summed E-state index contributed by atoms with van der Waals surface area (Å²) < 4.78 is 0. The van der Waals surface area contributed by atoms with E-state index in [9.17, 15) is 10.1 Å². The smallest absolute Gasteiger partial charge is 0.261 e. The summed E-state index contributed by atoms with van der Waals surface area (Å²) in [7, 11) is 4.22. The molecule has 3 N–H and O–H groups in total. The minimum Gasteiger partial charge on any atom is -0.353 e. The first-order valence-corrected chi connectivity index (χ1v) is 12.2. The van der Waals surface area contributed by atoms with Gasteiger partial charge in [0.15, 0.2) is 0 Å². The molecule has 5 aromatic rings. The minimum atomic E-state index is -0.243.